The van der Waals surface area contributed by atoms with Crippen molar-refractivity contribution in [3.05, 3.63) is 44.3 Å². The number of aromatic nitrogens is 2. The van der Waals surface area contributed by atoms with Crippen LogP contribution in [0.25, 0.3) is 5.69 Å². The Kier molecular flexibility index (Phi) is 2.93. The maximum Gasteiger partial charge on any atom is 0.294 e. The zero-order valence-electron chi connectivity index (χ0n) is 9.37. The predicted octanol–water partition coefficient (Wildman–Crippen LogP) is 2.37. The Morgan fingerprint density at radius 2 is 1.71 bits per heavy atom. The van der Waals surface area contributed by atoms with Gasteiger partial charge in [0, 0.05) is 17.1 Å². The van der Waals surface area contributed by atoms with Gasteiger partial charge in [-0.1, -0.05) is 23.2 Å². The van der Waals surface area contributed by atoms with E-state index in [9.17, 15) is 4.79 Å². The minimum absolute atomic E-state index is 0.226. The van der Waals surface area contributed by atoms with Gasteiger partial charge in [-0.15, -0.1) is 0 Å². The average Bonchev–Trinajstić information content (AvgIpc) is 2.42. The maximum absolute atomic E-state index is 12.0. The van der Waals surface area contributed by atoms with E-state index in [1.807, 2.05) is 0 Å². The molecule has 2 N–H and O–H groups in total. The Bertz CT molecular complexity index is 623. The molecular formula is C11H11Cl2N3O. The number of nitrogens with two attached hydrogens (primary N) is 1. The first-order chi connectivity index (χ1) is 7.91. The summed E-state index contributed by atoms with van der Waals surface area (Å²) < 4.78 is 3.10. The van der Waals surface area contributed by atoms with E-state index in [1.54, 1.807) is 36.9 Å². The van der Waals surface area contributed by atoms with Crippen LogP contribution >= 0.6 is 23.2 Å². The van der Waals surface area contributed by atoms with E-state index in [0.717, 1.165) is 0 Å². The molecular weight excluding hydrogens is 261 g/mol. The Labute approximate surface area is 108 Å². The van der Waals surface area contributed by atoms with Gasteiger partial charge in [0.25, 0.3) is 5.56 Å². The molecule has 0 bridgehead atoms. The molecule has 2 aromatic rings. The summed E-state index contributed by atoms with van der Waals surface area (Å²) in [7, 11) is 1.75. The third kappa shape index (κ3) is 1.94. The van der Waals surface area contributed by atoms with Gasteiger partial charge in [0.05, 0.1) is 11.4 Å². The van der Waals surface area contributed by atoms with E-state index in [1.165, 1.54) is 4.68 Å². The SMILES string of the molecule is Cc1c(N)c(=O)n(-c2cc(Cl)cc(Cl)c2)n1C. The van der Waals surface area contributed by atoms with E-state index in [4.69, 9.17) is 28.9 Å². The highest BCUT2D eigenvalue weighted by Gasteiger charge is 2.13. The van der Waals surface area contributed by atoms with Crippen LogP contribution in [0.1, 0.15) is 5.69 Å². The molecule has 0 aliphatic heterocycles. The van der Waals surface area contributed by atoms with Gasteiger partial charge in [-0.05, 0) is 25.1 Å². The lowest BCUT2D eigenvalue weighted by Crippen LogP contribution is -2.20. The van der Waals surface area contributed by atoms with Gasteiger partial charge in [-0.2, -0.15) is 0 Å². The first kappa shape index (κ1) is 12.1. The lowest BCUT2D eigenvalue weighted by molar-refractivity contribution is 0.630. The summed E-state index contributed by atoms with van der Waals surface area (Å²) in [5.74, 6) is 0. The lowest BCUT2D eigenvalue weighted by atomic mass is 10.3. The van der Waals surface area contributed by atoms with Gasteiger partial charge in [0.15, 0.2) is 0 Å². The topological polar surface area (TPSA) is 53.0 Å². The Balaban J connectivity index is 2.77. The largest absolute Gasteiger partial charge is 0.393 e. The van der Waals surface area contributed by atoms with Gasteiger partial charge in [-0.3, -0.25) is 9.48 Å². The van der Waals surface area contributed by atoms with Crippen LogP contribution in [0.2, 0.25) is 10.0 Å². The number of rotatable bonds is 1. The molecule has 1 heterocycles. The number of hydrogen-bond acceptors (Lipinski definition) is 2. The molecule has 0 unspecified atom stereocenters. The molecule has 17 heavy (non-hydrogen) atoms. The van der Waals surface area contributed by atoms with Crippen molar-refractivity contribution < 1.29 is 0 Å². The Morgan fingerprint density at radius 3 is 2.12 bits per heavy atom. The number of halogens is 2. The van der Waals surface area contributed by atoms with Crippen LogP contribution < -0.4 is 11.3 Å². The molecule has 0 fully saturated rings. The normalized spacial score (nSPS) is 10.8. The molecule has 0 saturated heterocycles. The summed E-state index contributed by atoms with van der Waals surface area (Å²) in [5.41, 5.74) is 6.94. The van der Waals surface area contributed by atoms with Crippen LogP contribution in [0.5, 0.6) is 0 Å². The van der Waals surface area contributed by atoms with E-state index in [2.05, 4.69) is 0 Å². The third-order valence-corrected chi connectivity index (χ3v) is 3.13. The van der Waals surface area contributed by atoms with Crippen LogP contribution in [0, 0.1) is 6.92 Å². The van der Waals surface area contributed by atoms with Crippen molar-refractivity contribution in [2.45, 2.75) is 6.92 Å². The minimum atomic E-state index is -0.275. The number of anilines is 1. The first-order valence-corrected chi connectivity index (χ1v) is 5.68. The highest BCUT2D eigenvalue weighted by Crippen LogP contribution is 2.21. The number of benzene rings is 1. The Morgan fingerprint density at radius 1 is 1.18 bits per heavy atom. The average molecular weight is 272 g/mol. The molecule has 0 atom stereocenters. The number of hydrogen-bond donors (Lipinski definition) is 1. The highest BCUT2D eigenvalue weighted by atomic mass is 35.5. The third-order valence-electron chi connectivity index (χ3n) is 2.69. The molecule has 6 heteroatoms. The van der Waals surface area contributed by atoms with Crippen molar-refractivity contribution >= 4 is 28.9 Å². The first-order valence-electron chi connectivity index (χ1n) is 4.92. The second-order valence-corrected chi connectivity index (χ2v) is 4.64. The summed E-state index contributed by atoms with van der Waals surface area (Å²) in [4.78, 5) is 12.0. The van der Waals surface area contributed by atoms with Crippen molar-refractivity contribution in [2.24, 2.45) is 7.05 Å². The van der Waals surface area contributed by atoms with Crippen molar-refractivity contribution in [1.82, 2.24) is 9.36 Å². The minimum Gasteiger partial charge on any atom is -0.393 e. The van der Waals surface area contributed by atoms with Crippen LogP contribution in [-0.4, -0.2) is 9.36 Å². The van der Waals surface area contributed by atoms with Crippen LogP contribution in [0.15, 0.2) is 23.0 Å². The summed E-state index contributed by atoms with van der Waals surface area (Å²) >= 11 is 11.8. The molecule has 0 amide bonds. The molecule has 0 radical (unpaired) electrons. The highest BCUT2D eigenvalue weighted by molar-refractivity contribution is 6.34. The fourth-order valence-electron chi connectivity index (χ4n) is 1.68. The zero-order chi connectivity index (χ0) is 12.7. The molecule has 0 saturated carbocycles. The molecule has 4 nitrogen and oxygen atoms in total. The van der Waals surface area contributed by atoms with Gasteiger partial charge >= 0.3 is 0 Å². The molecule has 1 aromatic carbocycles. The maximum atomic E-state index is 12.0. The zero-order valence-corrected chi connectivity index (χ0v) is 10.9. The van der Waals surface area contributed by atoms with Gasteiger partial charge in [0.2, 0.25) is 0 Å². The molecule has 0 aliphatic rings. The van der Waals surface area contributed by atoms with Crippen molar-refractivity contribution in [3.8, 4) is 5.69 Å². The molecule has 0 aliphatic carbocycles. The monoisotopic (exact) mass is 271 g/mol. The van der Waals surface area contributed by atoms with Gasteiger partial charge in [0.1, 0.15) is 5.69 Å². The van der Waals surface area contributed by atoms with Gasteiger partial charge < -0.3 is 5.73 Å². The van der Waals surface area contributed by atoms with E-state index in [-0.39, 0.29) is 11.2 Å². The van der Waals surface area contributed by atoms with Crippen LogP contribution in [0.3, 0.4) is 0 Å². The van der Waals surface area contributed by atoms with Gasteiger partial charge in [-0.25, -0.2) is 4.68 Å². The van der Waals surface area contributed by atoms with E-state index >= 15 is 0 Å². The predicted molar refractivity (Wildman–Crippen MR) is 70.2 cm³/mol. The van der Waals surface area contributed by atoms with Crippen molar-refractivity contribution in [2.75, 3.05) is 5.73 Å². The van der Waals surface area contributed by atoms with E-state index < -0.39 is 0 Å². The summed E-state index contributed by atoms with van der Waals surface area (Å²) in [5, 5.41) is 0.939. The van der Waals surface area contributed by atoms with Crippen molar-refractivity contribution in [3.63, 3.8) is 0 Å². The van der Waals surface area contributed by atoms with Crippen molar-refractivity contribution in [1.29, 1.82) is 0 Å². The molecule has 2 rings (SSSR count). The fraction of sp³-hybridized carbons (Fsp3) is 0.182. The van der Waals surface area contributed by atoms with Crippen LogP contribution in [-0.2, 0) is 7.05 Å². The number of nitrogen functional groups attached to an aromatic ring is 1. The quantitative estimate of drug-likeness (QED) is 0.866. The summed E-state index contributed by atoms with van der Waals surface area (Å²) in [6.07, 6.45) is 0. The fourth-order valence-corrected chi connectivity index (χ4v) is 2.20. The summed E-state index contributed by atoms with van der Waals surface area (Å²) in [6.45, 7) is 1.78. The lowest BCUT2D eigenvalue weighted by Gasteiger charge is -2.08. The smallest absolute Gasteiger partial charge is 0.294 e. The molecule has 90 valence electrons. The number of nitrogens with zero attached hydrogens (tertiary/aromatic N) is 2. The molecule has 0 spiro atoms. The second-order valence-electron chi connectivity index (χ2n) is 3.77. The summed E-state index contributed by atoms with van der Waals surface area (Å²) in [6, 6.07) is 4.93. The Hall–Kier alpha value is -1.39. The van der Waals surface area contributed by atoms with Crippen LogP contribution in [0.4, 0.5) is 5.69 Å². The molecule has 1 aromatic heterocycles. The second kappa shape index (κ2) is 4.13. The standard InChI is InChI=1S/C11H11Cl2N3O/c1-6-10(14)11(17)16(15(6)2)9-4-7(12)3-8(13)5-9/h3-5H,14H2,1-2H3. The van der Waals surface area contributed by atoms with E-state index in [0.29, 0.717) is 21.4 Å².